The smallest absolute Gasteiger partial charge is 0.0441 e. The minimum Gasteiger partial charge on any atom is -0.327 e. The SMILES string of the molecule is N[C@@H]1CC[C@@H]1c1ccccc1Cl. The molecule has 2 atom stereocenters. The predicted octanol–water partition coefficient (Wildman–Crippen LogP) is 2.54. The molecule has 1 saturated carbocycles. The Hall–Kier alpha value is -0.530. The highest BCUT2D eigenvalue weighted by Gasteiger charge is 2.29. The van der Waals surface area contributed by atoms with E-state index in [1.54, 1.807) is 0 Å². The fourth-order valence-electron chi connectivity index (χ4n) is 1.69. The maximum atomic E-state index is 6.04. The van der Waals surface area contributed by atoms with E-state index in [4.69, 9.17) is 17.3 Å². The van der Waals surface area contributed by atoms with E-state index in [0.29, 0.717) is 12.0 Å². The lowest BCUT2D eigenvalue weighted by Gasteiger charge is -2.34. The summed E-state index contributed by atoms with van der Waals surface area (Å²) >= 11 is 6.04. The summed E-state index contributed by atoms with van der Waals surface area (Å²) in [4.78, 5) is 0. The van der Waals surface area contributed by atoms with Crippen LogP contribution >= 0.6 is 11.6 Å². The van der Waals surface area contributed by atoms with E-state index in [0.717, 1.165) is 11.4 Å². The second kappa shape index (κ2) is 3.08. The minimum absolute atomic E-state index is 0.324. The van der Waals surface area contributed by atoms with Gasteiger partial charge in [0.05, 0.1) is 0 Å². The van der Waals surface area contributed by atoms with E-state index in [1.807, 2.05) is 18.2 Å². The van der Waals surface area contributed by atoms with Crippen LogP contribution in [0.25, 0.3) is 0 Å². The summed E-state index contributed by atoms with van der Waals surface area (Å²) < 4.78 is 0. The quantitative estimate of drug-likeness (QED) is 0.708. The zero-order valence-corrected chi connectivity index (χ0v) is 7.59. The van der Waals surface area contributed by atoms with E-state index in [-0.39, 0.29) is 0 Å². The zero-order valence-electron chi connectivity index (χ0n) is 6.83. The average Bonchev–Trinajstić information content (AvgIpc) is 2.06. The first-order valence-corrected chi connectivity index (χ1v) is 4.67. The van der Waals surface area contributed by atoms with Crippen LogP contribution in [0.2, 0.25) is 5.02 Å². The molecule has 1 aromatic carbocycles. The number of halogens is 1. The van der Waals surface area contributed by atoms with Crippen molar-refractivity contribution < 1.29 is 0 Å². The maximum absolute atomic E-state index is 6.04. The zero-order chi connectivity index (χ0) is 8.55. The van der Waals surface area contributed by atoms with Crippen LogP contribution in [0.3, 0.4) is 0 Å². The van der Waals surface area contributed by atoms with Gasteiger partial charge in [0.15, 0.2) is 0 Å². The lowest BCUT2D eigenvalue weighted by molar-refractivity contribution is 0.347. The standard InChI is InChI=1S/C10H12ClN/c11-9-4-2-1-3-7(9)8-5-6-10(8)12/h1-4,8,10H,5-6,12H2/t8-,10-/m1/s1. The van der Waals surface area contributed by atoms with Gasteiger partial charge in [-0.25, -0.2) is 0 Å². The predicted molar refractivity (Wildman–Crippen MR) is 51.4 cm³/mol. The lowest BCUT2D eigenvalue weighted by Crippen LogP contribution is -2.37. The molecule has 1 fully saturated rings. The monoisotopic (exact) mass is 181 g/mol. The topological polar surface area (TPSA) is 26.0 Å². The molecule has 2 rings (SSSR count). The normalized spacial score (nSPS) is 28.2. The van der Waals surface area contributed by atoms with Crippen LogP contribution in [0.1, 0.15) is 24.3 Å². The van der Waals surface area contributed by atoms with Crippen LogP contribution in [0.4, 0.5) is 0 Å². The molecule has 0 saturated heterocycles. The van der Waals surface area contributed by atoms with Gasteiger partial charge in [0, 0.05) is 17.0 Å². The van der Waals surface area contributed by atoms with Crippen molar-refractivity contribution >= 4 is 11.6 Å². The summed E-state index contributed by atoms with van der Waals surface area (Å²) in [5.41, 5.74) is 7.09. The Kier molecular flexibility index (Phi) is 2.07. The molecule has 0 amide bonds. The van der Waals surface area contributed by atoms with Crippen LogP contribution in [0.15, 0.2) is 24.3 Å². The number of nitrogens with two attached hydrogens (primary N) is 1. The molecule has 1 nitrogen and oxygen atoms in total. The van der Waals surface area contributed by atoms with E-state index < -0.39 is 0 Å². The maximum Gasteiger partial charge on any atom is 0.0441 e. The largest absolute Gasteiger partial charge is 0.327 e. The highest BCUT2D eigenvalue weighted by Crippen LogP contribution is 2.38. The molecular formula is C10H12ClN. The van der Waals surface area contributed by atoms with E-state index in [9.17, 15) is 0 Å². The number of hydrogen-bond donors (Lipinski definition) is 1. The Labute approximate surface area is 77.5 Å². The van der Waals surface area contributed by atoms with Gasteiger partial charge in [0.1, 0.15) is 0 Å². The Morgan fingerprint density at radius 2 is 2.00 bits per heavy atom. The molecule has 0 radical (unpaired) electrons. The number of rotatable bonds is 1. The van der Waals surface area contributed by atoms with Crippen molar-refractivity contribution in [2.24, 2.45) is 5.73 Å². The Morgan fingerprint density at radius 3 is 2.50 bits per heavy atom. The van der Waals surface area contributed by atoms with Gasteiger partial charge < -0.3 is 5.73 Å². The second-order valence-corrected chi connectivity index (χ2v) is 3.78. The van der Waals surface area contributed by atoms with Gasteiger partial charge in [-0.2, -0.15) is 0 Å². The van der Waals surface area contributed by atoms with Gasteiger partial charge in [-0.3, -0.25) is 0 Å². The highest BCUT2D eigenvalue weighted by molar-refractivity contribution is 6.31. The van der Waals surface area contributed by atoms with Gasteiger partial charge in [-0.15, -0.1) is 0 Å². The molecule has 0 bridgehead atoms. The van der Waals surface area contributed by atoms with Gasteiger partial charge in [0.2, 0.25) is 0 Å². The molecule has 0 spiro atoms. The van der Waals surface area contributed by atoms with Crippen molar-refractivity contribution in [2.45, 2.75) is 24.8 Å². The molecule has 0 heterocycles. The molecule has 64 valence electrons. The molecule has 1 aliphatic rings. The Bertz CT molecular complexity index is 285. The first-order chi connectivity index (χ1) is 5.79. The van der Waals surface area contributed by atoms with Crippen LogP contribution < -0.4 is 5.73 Å². The van der Waals surface area contributed by atoms with Crippen molar-refractivity contribution in [3.8, 4) is 0 Å². The Balaban J connectivity index is 2.27. The molecule has 12 heavy (non-hydrogen) atoms. The first-order valence-electron chi connectivity index (χ1n) is 4.29. The number of benzene rings is 1. The van der Waals surface area contributed by atoms with E-state index in [1.165, 1.54) is 12.0 Å². The van der Waals surface area contributed by atoms with Crippen LogP contribution in [0, 0.1) is 0 Å². The van der Waals surface area contributed by atoms with Crippen molar-refractivity contribution in [2.75, 3.05) is 0 Å². The van der Waals surface area contributed by atoms with Crippen molar-refractivity contribution in [3.63, 3.8) is 0 Å². The Morgan fingerprint density at radius 1 is 1.25 bits per heavy atom. The third-order valence-electron chi connectivity index (χ3n) is 2.63. The first kappa shape index (κ1) is 8.09. The molecule has 2 heteroatoms. The highest BCUT2D eigenvalue weighted by atomic mass is 35.5. The van der Waals surface area contributed by atoms with Gasteiger partial charge >= 0.3 is 0 Å². The van der Waals surface area contributed by atoms with Gasteiger partial charge in [-0.1, -0.05) is 29.8 Å². The van der Waals surface area contributed by atoms with Crippen molar-refractivity contribution in [1.82, 2.24) is 0 Å². The molecule has 0 aliphatic heterocycles. The summed E-state index contributed by atoms with van der Waals surface area (Å²) in [5, 5.41) is 0.859. The molecule has 0 aromatic heterocycles. The van der Waals surface area contributed by atoms with Gasteiger partial charge in [0.25, 0.3) is 0 Å². The number of hydrogen-bond acceptors (Lipinski definition) is 1. The summed E-state index contributed by atoms with van der Waals surface area (Å²) in [6, 6.07) is 8.31. The average molecular weight is 182 g/mol. The van der Waals surface area contributed by atoms with E-state index in [2.05, 4.69) is 6.07 Å². The van der Waals surface area contributed by atoms with Crippen molar-refractivity contribution in [1.29, 1.82) is 0 Å². The minimum atomic E-state index is 0.324. The lowest BCUT2D eigenvalue weighted by atomic mass is 9.76. The summed E-state index contributed by atoms with van der Waals surface area (Å²) in [6.45, 7) is 0. The fraction of sp³-hybridized carbons (Fsp3) is 0.400. The van der Waals surface area contributed by atoms with E-state index >= 15 is 0 Å². The molecule has 0 unspecified atom stereocenters. The molecule has 2 N–H and O–H groups in total. The van der Waals surface area contributed by atoms with Crippen LogP contribution in [0.5, 0.6) is 0 Å². The third kappa shape index (κ3) is 1.23. The van der Waals surface area contributed by atoms with Crippen LogP contribution in [-0.2, 0) is 0 Å². The second-order valence-electron chi connectivity index (χ2n) is 3.37. The van der Waals surface area contributed by atoms with Crippen LogP contribution in [-0.4, -0.2) is 6.04 Å². The van der Waals surface area contributed by atoms with Crippen molar-refractivity contribution in [3.05, 3.63) is 34.9 Å². The summed E-state index contributed by atoms with van der Waals surface area (Å²) in [6.07, 6.45) is 2.32. The fourth-order valence-corrected chi connectivity index (χ4v) is 1.96. The third-order valence-corrected chi connectivity index (χ3v) is 2.98. The summed E-state index contributed by atoms with van der Waals surface area (Å²) in [7, 11) is 0. The molecular weight excluding hydrogens is 170 g/mol. The molecule has 1 aliphatic carbocycles. The molecule has 1 aromatic rings. The summed E-state index contributed by atoms with van der Waals surface area (Å²) in [5.74, 6) is 0.499. The van der Waals surface area contributed by atoms with Gasteiger partial charge in [-0.05, 0) is 24.5 Å².